The van der Waals surface area contributed by atoms with Gasteiger partial charge in [-0.15, -0.1) is 0 Å². The van der Waals surface area contributed by atoms with E-state index in [0.717, 1.165) is 11.1 Å². The minimum Gasteiger partial charge on any atom is -0.468 e. The van der Waals surface area contributed by atoms with Crippen LogP contribution in [0.25, 0.3) is 0 Å². The van der Waals surface area contributed by atoms with Gasteiger partial charge in [0.25, 0.3) is 0 Å². The molecule has 0 aliphatic rings. The number of carbonyl (C=O) groups is 1. The Morgan fingerprint density at radius 2 is 1.59 bits per heavy atom. The summed E-state index contributed by atoms with van der Waals surface area (Å²) in [7, 11) is 1.39. The summed E-state index contributed by atoms with van der Waals surface area (Å²) in [5.74, 6) is -0.316. The maximum atomic E-state index is 11.8. The molecule has 0 saturated heterocycles. The van der Waals surface area contributed by atoms with Crippen molar-refractivity contribution in [3.8, 4) is 0 Å². The molecule has 2 aromatic rings. The standard InChI is InChI=1S/C18H21NO3/c1-21-18(20)17(19-12-15-8-4-2-5-9-15)14-22-13-16-10-6-3-7-11-16/h2-11,17,19H,12-14H2,1H3/t17-/m0/s1. The van der Waals surface area contributed by atoms with Crippen LogP contribution in [0.4, 0.5) is 0 Å². The molecule has 2 rings (SSSR count). The second kappa shape index (κ2) is 8.97. The highest BCUT2D eigenvalue weighted by atomic mass is 16.5. The van der Waals surface area contributed by atoms with Crippen molar-refractivity contribution < 1.29 is 14.3 Å². The normalized spacial score (nSPS) is 11.9. The van der Waals surface area contributed by atoms with Crippen molar-refractivity contribution in [2.24, 2.45) is 0 Å². The predicted molar refractivity (Wildman–Crippen MR) is 85.2 cm³/mol. The van der Waals surface area contributed by atoms with Gasteiger partial charge in [-0.3, -0.25) is 10.1 Å². The molecule has 0 saturated carbocycles. The lowest BCUT2D eigenvalue weighted by Crippen LogP contribution is -2.41. The summed E-state index contributed by atoms with van der Waals surface area (Å²) in [6.07, 6.45) is 0. The van der Waals surface area contributed by atoms with Gasteiger partial charge in [0.05, 0.1) is 20.3 Å². The molecule has 1 N–H and O–H groups in total. The number of nitrogens with one attached hydrogen (secondary N) is 1. The van der Waals surface area contributed by atoms with Crippen LogP contribution in [-0.2, 0) is 27.4 Å². The Bertz CT molecular complexity index is 557. The second-order valence-electron chi connectivity index (χ2n) is 4.94. The first kappa shape index (κ1) is 16.2. The van der Waals surface area contributed by atoms with Crippen LogP contribution in [-0.4, -0.2) is 25.7 Å². The van der Waals surface area contributed by atoms with Crippen LogP contribution in [0.2, 0.25) is 0 Å². The molecule has 0 fully saturated rings. The van der Waals surface area contributed by atoms with Gasteiger partial charge in [-0.2, -0.15) is 0 Å². The highest BCUT2D eigenvalue weighted by Gasteiger charge is 2.18. The Hall–Kier alpha value is -2.17. The van der Waals surface area contributed by atoms with E-state index < -0.39 is 6.04 Å². The Morgan fingerprint density at radius 1 is 1.00 bits per heavy atom. The van der Waals surface area contributed by atoms with Gasteiger partial charge in [0.15, 0.2) is 0 Å². The van der Waals surface area contributed by atoms with Crippen molar-refractivity contribution in [1.82, 2.24) is 5.32 Å². The molecule has 0 heterocycles. The SMILES string of the molecule is COC(=O)[C@H](COCc1ccccc1)NCc1ccccc1. The number of rotatable bonds is 8. The molecule has 0 aliphatic heterocycles. The van der Waals surface area contributed by atoms with Crippen LogP contribution in [0.15, 0.2) is 60.7 Å². The highest BCUT2D eigenvalue weighted by molar-refractivity contribution is 5.75. The van der Waals surface area contributed by atoms with Crippen molar-refractivity contribution in [2.75, 3.05) is 13.7 Å². The highest BCUT2D eigenvalue weighted by Crippen LogP contribution is 2.03. The zero-order chi connectivity index (χ0) is 15.6. The van der Waals surface area contributed by atoms with E-state index in [1.807, 2.05) is 60.7 Å². The van der Waals surface area contributed by atoms with Crippen molar-refractivity contribution in [3.05, 3.63) is 71.8 Å². The molecule has 0 spiro atoms. The van der Waals surface area contributed by atoms with Crippen molar-refractivity contribution >= 4 is 5.97 Å². The Labute approximate surface area is 131 Å². The summed E-state index contributed by atoms with van der Waals surface area (Å²) in [5, 5.41) is 3.17. The van der Waals surface area contributed by atoms with E-state index in [1.165, 1.54) is 7.11 Å². The van der Waals surface area contributed by atoms with E-state index in [9.17, 15) is 4.79 Å². The number of methoxy groups -OCH3 is 1. The topological polar surface area (TPSA) is 47.6 Å². The molecule has 0 unspecified atom stereocenters. The number of hydrogen-bond donors (Lipinski definition) is 1. The van der Waals surface area contributed by atoms with E-state index >= 15 is 0 Å². The van der Waals surface area contributed by atoms with Gasteiger partial charge in [0.2, 0.25) is 0 Å². The van der Waals surface area contributed by atoms with Gasteiger partial charge in [-0.05, 0) is 11.1 Å². The molecule has 22 heavy (non-hydrogen) atoms. The largest absolute Gasteiger partial charge is 0.468 e. The lowest BCUT2D eigenvalue weighted by molar-refractivity contribution is -0.145. The third-order valence-corrected chi connectivity index (χ3v) is 3.28. The van der Waals surface area contributed by atoms with Gasteiger partial charge in [-0.1, -0.05) is 60.7 Å². The number of hydrogen-bond acceptors (Lipinski definition) is 4. The van der Waals surface area contributed by atoms with E-state index in [2.05, 4.69) is 5.32 Å². The molecule has 2 aromatic carbocycles. The van der Waals surface area contributed by atoms with Crippen LogP contribution in [0.5, 0.6) is 0 Å². The monoisotopic (exact) mass is 299 g/mol. The number of benzene rings is 2. The van der Waals surface area contributed by atoms with Gasteiger partial charge < -0.3 is 9.47 Å². The zero-order valence-corrected chi connectivity index (χ0v) is 12.7. The number of carbonyl (C=O) groups excluding carboxylic acids is 1. The molecule has 1 atom stereocenters. The Balaban J connectivity index is 1.82. The molecule has 4 nitrogen and oxygen atoms in total. The van der Waals surface area contributed by atoms with Crippen LogP contribution < -0.4 is 5.32 Å². The van der Waals surface area contributed by atoms with Gasteiger partial charge >= 0.3 is 5.97 Å². The first-order valence-electron chi connectivity index (χ1n) is 7.26. The maximum Gasteiger partial charge on any atom is 0.325 e. The summed E-state index contributed by atoms with van der Waals surface area (Å²) >= 11 is 0. The van der Waals surface area contributed by atoms with E-state index in [4.69, 9.17) is 9.47 Å². The lowest BCUT2D eigenvalue weighted by atomic mass is 10.2. The molecule has 4 heteroatoms. The van der Waals surface area contributed by atoms with Crippen molar-refractivity contribution in [3.63, 3.8) is 0 Å². The molecule has 0 amide bonds. The lowest BCUT2D eigenvalue weighted by Gasteiger charge is -2.16. The molecule has 116 valence electrons. The first-order chi connectivity index (χ1) is 10.8. The van der Waals surface area contributed by atoms with E-state index in [1.54, 1.807) is 0 Å². The van der Waals surface area contributed by atoms with Crippen LogP contribution in [0, 0.1) is 0 Å². The quantitative estimate of drug-likeness (QED) is 0.761. The minimum atomic E-state index is -0.478. The Kier molecular flexibility index (Phi) is 6.61. The van der Waals surface area contributed by atoms with E-state index in [-0.39, 0.29) is 12.6 Å². The second-order valence-corrected chi connectivity index (χ2v) is 4.94. The van der Waals surface area contributed by atoms with Crippen LogP contribution >= 0.6 is 0 Å². The first-order valence-corrected chi connectivity index (χ1v) is 7.26. The fourth-order valence-electron chi connectivity index (χ4n) is 2.06. The fourth-order valence-corrected chi connectivity index (χ4v) is 2.06. The average molecular weight is 299 g/mol. The maximum absolute atomic E-state index is 11.8. The predicted octanol–water partition coefficient (Wildman–Crippen LogP) is 2.53. The molecule has 0 radical (unpaired) electrons. The summed E-state index contributed by atoms with van der Waals surface area (Å²) in [5.41, 5.74) is 2.19. The summed E-state index contributed by atoms with van der Waals surface area (Å²) in [6.45, 7) is 1.34. The Morgan fingerprint density at radius 3 is 2.18 bits per heavy atom. The summed E-state index contributed by atoms with van der Waals surface area (Å²) in [4.78, 5) is 11.8. The third-order valence-electron chi connectivity index (χ3n) is 3.28. The average Bonchev–Trinajstić information content (AvgIpc) is 2.59. The van der Waals surface area contributed by atoms with Crippen LogP contribution in [0.1, 0.15) is 11.1 Å². The zero-order valence-electron chi connectivity index (χ0n) is 12.7. The fraction of sp³-hybridized carbons (Fsp3) is 0.278. The molecule has 0 aromatic heterocycles. The molecule has 0 bridgehead atoms. The van der Waals surface area contributed by atoms with Gasteiger partial charge in [0, 0.05) is 6.54 Å². The van der Waals surface area contributed by atoms with Crippen molar-refractivity contribution in [1.29, 1.82) is 0 Å². The smallest absolute Gasteiger partial charge is 0.325 e. The summed E-state index contributed by atoms with van der Waals surface area (Å²) in [6, 6.07) is 19.3. The molecular formula is C18H21NO3. The van der Waals surface area contributed by atoms with Crippen LogP contribution in [0.3, 0.4) is 0 Å². The third kappa shape index (κ3) is 5.31. The van der Waals surface area contributed by atoms with Gasteiger partial charge in [-0.25, -0.2) is 0 Å². The number of ether oxygens (including phenoxy) is 2. The summed E-state index contributed by atoms with van der Waals surface area (Å²) < 4.78 is 10.5. The molecule has 0 aliphatic carbocycles. The van der Waals surface area contributed by atoms with Crippen molar-refractivity contribution in [2.45, 2.75) is 19.2 Å². The minimum absolute atomic E-state index is 0.272. The van der Waals surface area contributed by atoms with E-state index in [0.29, 0.717) is 13.2 Å². The van der Waals surface area contributed by atoms with Gasteiger partial charge in [0.1, 0.15) is 6.04 Å². The number of esters is 1. The molecular weight excluding hydrogens is 278 g/mol.